The van der Waals surface area contributed by atoms with Crippen LogP contribution in [0.2, 0.25) is 0 Å². The van der Waals surface area contributed by atoms with E-state index in [1.54, 1.807) is 0 Å². The first-order valence-electron chi connectivity index (χ1n) is 1.60. The van der Waals surface area contributed by atoms with Crippen molar-refractivity contribution in [1.29, 1.82) is 0 Å². The molecule has 0 radical (unpaired) electrons. The summed E-state index contributed by atoms with van der Waals surface area (Å²) >= 11 is 10.4. The van der Waals surface area contributed by atoms with Crippen LogP contribution >= 0.6 is 23.2 Å². The van der Waals surface area contributed by atoms with E-state index in [0.717, 1.165) is 6.08 Å². The maximum Gasteiger partial charge on any atom is 0.190 e. The Hall–Kier alpha value is -0.0100. The fourth-order valence-corrected chi connectivity index (χ4v) is 0.0481. The van der Waals surface area contributed by atoms with Crippen molar-refractivity contribution in [2.75, 3.05) is 0 Å². The van der Waals surface area contributed by atoms with Crippen LogP contribution in [0, 0.1) is 0 Å². The Morgan fingerprint density at radius 2 is 2.00 bits per heavy atom. The first-order chi connectivity index (χ1) is 3.12. The number of alkyl halides is 2. The van der Waals surface area contributed by atoms with Gasteiger partial charge in [0.2, 0.25) is 0 Å². The first-order valence-corrected chi connectivity index (χ1v) is 2.36. The van der Waals surface area contributed by atoms with E-state index in [1.165, 1.54) is 0 Å². The third kappa shape index (κ3) is 2.66. The van der Waals surface area contributed by atoms with Gasteiger partial charge in [0.25, 0.3) is 0 Å². The van der Waals surface area contributed by atoms with Crippen LogP contribution in [0.1, 0.15) is 0 Å². The minimum atomic E-state index is -1.39. The number of allylic oxidation sites excluding steroid dienone is 1. The van der Waals surface area contributed by atoms with E-state index in [4.69, 9.17) is 23.2 Å². The molecule has 0 saturated heterocycles. The number of hydrogen-bond donors (Lipinski definition) is 0. The van der Waals surface area contributed by atoms with Crippen LogP contribution in [-0.4, -0.2) is 10.6 Å². The first kappa shape index (κ1) is 6.99. The highest BCUT2D eigenvalue weighted by atomic mass is 35.5. The summed E-state index contributed by atoms with van der Waals surface area (Å²) in [4.78, 5) is 9.72. The summed E-state index contributed by atoms with van der Waals surface area (Å²) in [6.45, 7) is 3.21. The lowest BCUT2D eigenvalue weighted by Gasteiger charge is -1.99. The zero-order chi connectivity index (χ0) is 5.91. The van der Waals surface area contributed by atoms with Crippen molar-refractivity contribution in [3.05, 3.63) is 12.7 Å². The molecule has 1 nitrogen and oxygen atoms in total. The SMILES string of the molecule is C=CC(Cl)(Cl)C=O. The average Bonchev–Trinajstić information content (AvgIpc) is 1.68. The Bertz CT molecular complexity index is 77.7. The van der Waals surface area contributed by atoms with Crippen molar-refractivity contribution in [2.24, 2.45) is 0 Å². The number of rotatable bonds is 2. The minimum absolute atomic E-state index is 0.406. The van der Waals surface area contributed by atoms with Gasteiger partial charge in [-0.1, -0.05) is 29.8 Å². The molecule has 0 aromatic heterocycles. The highest BCUT2D eigenvalue weighted by Crippen LogP contribution is 2.17. The summed E-state index contributed by atoms with van der Waals surface area (Å²) in [6, 6.07) is 0. The maximum atomic E-state index is 9.72. The van der Waals surface area contributed by atoms with Crippen molar-refractivity contribution >= 4 is 29.5 Å². The molecule has 0 aliphatic heterocycles. The zero-order valence-electron chi connectivity index (χ0n) is 3.53. The molecule has 0 amide bonds. The van der Waals surface area contributed by atoms with Crippen LogP contribution in [0.5, 0.6) is 0 Å². The molecule has 0 atom stereocenters. The third-order valence-corrected chi connectivity index (χ3v) is 0.916. The molecule has 0 unspecified atom stereocenters. The van der Waals surface area contributed by atoms with Gasteiger partial charge in [-0.25, -0.2) is 0 Å². The number of aldehydes is 1. The predicted octanol–water partition coefficient (Wildman–Crippen LogP) is 1.55. The van der Waals surface area contributed by atoms with E-state index in [-0.39, 0.29) is 0 Å². The van der Waals surface area contributed by atoms with Gasteiger partial charge in [-0.3, -0.25) is 4.79 Å². The molecule has 0 saturated carbocycles. The summed E-state index contributed by atoms with van der Waals surface area (Å²) in [5.41, 5.74) is 0. The summed E-state index contributed by atoms with van der Waals surface area (Å²) in [5, 5.41) is 0. The van der Waals surface area contributed by atoms with Gasteiger partial charge in [0.15, 0.2) is 10.6 Å². The van der Waals surface area contributed by atoms with Crippen molar-refractivity contribution in [2.45, 2.75) is 4.33 Å². The second kappa shape index (κ2) is 2.34. The van der Waals surface area contributed by atoms with Crippen LogP contribution < -0.4 is 0 Å². The van der Waals surface area contributed by atoms with Gasteiger partial charge in [-0.2, -0.15) is 0 Å². The largest absolute Gasteiger partial charge is 0.300 e. The topological polar surface area (TPSA) is 17.1 Å². The lowest BCUT2D eigenvalue weighted by molar-refractivity contribution is -0.107. The molecule has 0 N–H and O–H groups in total. The highest BCUT2D eigenvalue weighted by molar-refractivity contribution is 6.57. The number of carbonyl (C=O) groups excluding carboxylic acids is 1. The van der Waals surface area contributed by atoms with Crippen LogP contribution in [-0.2, 0) is 4.79 Å². The molecule has 3 heteroatoms. The van der Waals surface area contributed by atoms with Gasteiger partial charge < -0.3 is 0 Å². The molecule has 0 aromatic carbocycles. The van der Waals surface area contributed by atoms with Crippen molar-refractivity contribution in [3.8, 4) is 0 Å². The summed E-state index contributed by atoms with van der Waals surface area (Å²) in [7, 11) is 0. The van der Waals surface area contributed by atoms with E-state index in [0.29, 0.717) is 6.29 Å². The smallest absolute Gasteiger partial charge is 0.190 e. The Labute approximate surface area is 51.9 Å². The van der Waals surface area contributed by atoms with E-state index < -0.39 is 4.33 Å². The minimum Gasteiger partial charge on any atom is -0.300 e. The molecular formula is C4H4Cl2O. The molecule has 0 aliphatic carbocycles. The van der Waals surface area contributed by atoms with Gasteiger partial charge in [0.05, 0.1) is 0 Å². The Kier molecular flexibility index (Phi) is 2.33. The fraction of sp³-hybridized carbons (Fsp3) is 0.250. The number of halogens is 2. The standard InChI is InChI=1S/C4H4Cl2O/c1-2-4(5,6)3-7/h2-3H,1H2. The van der Waals surface area contributed by atoms with Crippen molar-refractivity contribution < 1.29 is 4.79 Å². The molecule has 40 valence electrons. The molecular weight excluding hydrogens is 135 g/mol. The van der Waals surface area contributed by atoms with Gasteiger partial charge in [-0.15, -0.1) is 0 Å². The normalized spacial score (nSPS) is 10.6. The molecule has 7 heavy (non-hydrogen) atoms. The second-order valence-electron chi connectivity index (χ2n) is 0.997. The van der Waals surface area contributed by atoms with E-state index >= 15 is 0 Å². The third-order valence-electron chi connectivity index (χ3n) is 0.429. The lowest BCUT2D eigenvalue weighted by Crippen LogP contribution is -2.08. The van der Waals surface area contributed by atoms with Crippen molar-refractivity contribution in [3.63, 3.8) is 0 Å². The molecule has 0 heterocycles. The van der Waals surface area contributed by atoms with Gasteiger partial charge in [0.1, 0.15) is 0 Å². The van der Waals surface area contributed by atoms with Gasteiger partial charge in [0, 0.05) is 0 Å². The van der Waals surface area contributed by atoms with Crippen LogP contribution in [0.25, 0.3) is 0 Å². The second-order valence-corrected chi connectivity index (χ2v) is 2.44. The molecule has 0 aromatic rings. The Morgan fingerprint density at radius 1 is 1.57 bits per heavy atom. The Balaban J connectivity index is 3.82. The number of hydrogen-bond acceptors (Lipinski definition) is 1. The lowest BCUT2D eigenvalue weighted by atomic mass is 10.4. The molecule has 0 spiro atoms. The van der Waals surface area contributed by atoms with Crippen LogP contribution in [0.3, 0.4) is 0 Å². The molecule has 0 rings (SSSR count). The summed E-state index contributed by atoms with van der Waals surface area (Å²) in [6.07, 6.45) is 1.56. The average molecular weight is 139 g/mol. The molecule has 0 aliphatic rings. The quantitative estimate of drug-likeness (QED) is 0.322. The van der Waals surface area contributed by atoms with E-state index in [9.17, 15) is 4.79 Å². The van der Waals surface area contributed by atoms with Crippen molar-refractivity contribution in [1.82, 2.24) is 0 Å². The van der Waals surface area contributed by atoms with Crippen LogP contribution in [0.4, 0.5) is 0 Å². The van der Waals surface area contributed by atoms with Crippen LogP contribution in [0.15, 0.2) is 12.7 Å². The molecule has 0 fully saturated rings. The Morgan fingerprint density at radius 3 is 2.00 bits per heavy atom. The summed E-state index contributed by atoms with van der Waals surface area (Å²) < 4.78 is -1.39. The van der Waals surface area contributed by atoms with E-state index in [2.05, 4.69) is 6.58 Å². The van der Waals surface area contributed by atoms with Gasteiger partial charge in [-0.05, 0) is 6.08 Å². The summed E-state index contributed by atoms with van der Waals surface area (Å²) in [5.74, 6) is 0. The molecule has 0 bridgehead atoms. The van der Waals surface area contributed by atoms with Gasteiger partial charge >= 0.3 is 0 Å². The predicted molar refractivity (Wildman–Crippen MR) is 30.7 cm³/mol. The van der Waals surface area contributed by atoms with E-state index in [1.807, 2.05) is 0 Å². The monoisotopic (exact) mass is 138 g/mol. The highest BCUT2D eigenvalue weighted by Gasteiger charge is 2.15. The fourth-order valence-electron chi connectivity index (χ4n) is 0.0481. The number of carbonyl (C=O) groups is 1. The maximum absolute atomic E-state index is 9.72. The zero-order valence-corrected chi connectivity index (χ0v) is 5.04.